The smallest absolute Gasteiger partial charge is 0.329 e. The lowest BCUT2D eigenvalue weighted by Crippen LogP contribution is -2.32. The van der Waals surface area contributed by atoms with E-state index in [2.05, 4.69) is 21.2 Å². The number of hydrazone groups is 1. The van der Waals surface area contributed by atoms with Gasteiger partial charge in [-0.15, -0.1) is 0 Å². The molecular weight excluding hydrogens is 444 g/mol. The number of hydrogen-bond donors (Lipinski definition) is 3. The van der Waals surface area contributed by atoms with E-state index in [1.165, 1.54) is 6.21 Å². The van der Waals surface area contributed by atoms with Crippen LogP contribution in [-0.4, -0.2) is 30.5 Å². The largest absolute Gasteiger partial charge is 0.483 e. The van der Waals surface area contributed by atoms with Crippen molar-refractivity contribution < 1.29 is 19.1 Å². The van der Waals surface area contributed by atoms with Crippen LogP contribution in [-0.2, 0) is 14.4 Å². The van der Waals surface area contributed by atoms with Crippen LogP contribution in [0, 0.1) is 6.92 Å². The molecule has 3 N–H and O–H groups in total. The summed E-state index contributed by atoms with van der Waals surface area (Å²) in [5.74, 6) is -1.74. The van der Waals surface area contributed by atoms with E-state index >= 15 is 0 Å². The van der Waals surface area contributed by atoms with Crippen LogP contribution in [0.3, 0.4) is 0 Å². The first-order valence-electron chi connectivity index (χ1n) is 9.89. The summed E-state index contributed by atoms with van der Waals surface area (Å²) in [5, 5.41) is 9.57. The van der Waals surface area contributed by atoms with Crippen LogP contribution in [0.25, 0.3) is 0 Å². The molecule has 3 aromatic carbocycles. The van der Waals surface area contributed by atoms with Crippen LogP contribution in [0.1, 0.15) is 11.1 Å². The summed E-state index contributed by atoms with van der Waals surface area (Å²) in [4.78, 5) is 36.1. The molecule has 168 valence electrons. The average molecular weight is 465 g/mol. The monoisotopic (exact) mass is 464 g/mol. The van der Waals surface area contributed by atoms with Crippen LogP contribution in [0.4, 0.5) is 11.4 Å². The van der Waals surface area contributed by atoms with Gasteiger partial charge in [0.25, 0.3) is 5.91 Å². The highest BCUT2D eigenvalue weighted by molar-refractivity contribution is 6.39. The van der Waals surface area contributed by atoms with Crippen LogP contribution < -0.4 is 20.8 Å². The number of nitrogens with one attached hydrogen (secondary N) is 3. The minimum absolute atomic E-state index is 0.237. The molecule has 0 aromatic heterocycles. The third kappa shape index (κ3) is 7.48. The van der Waals surface area contributed by atoms with Crippen molar-refractivity contribution in [2.45, 2.75) is 6.92 Å². The van der Waals surface area contributed by atoms with Gasteiger partial charge in [0.05, 0.1) is 6.21 Å². The number of halogens is 1. The number of benzene rings is 3. The molecule has 0 heterocycles. The van der Waals surface area contributed by atoms with Crippen LogP contribution in [0.2, 0.25) is 5.02 Å². The van der Waals surface area contributed by atoms with Gasteiger partial charge in [0.1, 0.15) is 5.75 Å². The van der Waals surface area contributed by atoms with E-state index in [-0.39, 0.29) is 12.5 Å². The molecule has 0 saturated carbocycles. The number of amides is 3. The van der Waals surface area contributed by atoms with Gasteiger partial charge in [-0.2, -0.15) is 5.10 Å². The van der Waals surface area contributed by atoms with E-state index < -0.39 is 11.8 Å². The molecule has 8 nitrogen and oxygen atoms in total. The molecule has 33 heavy (non-hydrogen) atoms. The Bertz CT molecular complexity index is 1180. The Labute approximate surface area is 195 Å². The molecule has 0 aliphatic heterocycles. The zero-order chi connectivity index (χ0) is 23.6. The van der Waals surface area contributed by atoms with Crippen molar-refractivity contribution in [2.75, 3.05) is 17.2 Å². The number of hydrogen-bond acceptors (Lipinski definition) is 5. The standard InChI is InChI=1S/C24H21ClN4O4/c1-16-5-4-7-20(13-16)28-23(31)24(32)29-26-14-17-6-2-3-8-21(17)33-15-22(30)27-19-11-9-18(25)10-12-19/h2-14H,15H2,1H3,(H,27,30)(H,28,31)(H,29,32)/b26-14-. The number of nitrogens with zero attached hydrogens (tertiary/aromatic N) is 1. The molecule has 0 saturated heterocycles. The molecular formula is C24H21ClN4O4. The molecule has 0 aliphatic carbocycles. The Kier molecular flexibility index (Phi) is 8.15. The van der Waals surface area contributed by atoms with Crippen molar-refractivity contribution in [2.24, 2.45) is 5.10 Å². The molecule has 9 heteroatoms. The number of anilines is 2. The quantitative estimate of drug-likeness (QED) is 0.281. The normalized spacial score (nSPS) is 10.5. The predicted octanol–water partition coefficient (Wildman–Crippen LogP) is 3.75. The van der Waals surface area contributed by atoms with Crippen molar-refractivity contribution in [1.29, 1.82) is 0 Å². The van der Waals surface area contributed by atoms with Crippen molar-refractivity contribution >= 4 is 46.9 Å². The predicted molar refractivity (Wildman–Crippen MR) is 128 cm³/mol. The summed E-state index contributed by atoms with van der Waals surface area (Å²) in [6.45, 7) is 1.64. The Hall–Kier alpha value is -4.17. The van der Waals surface area contributed by atoms with Crippen LogP contribution in [0.15, 0.2) is 77.9 Å². The SMILES string of the molecule is Cc1cccc(NC(=O)C(=O)N/N=C\c2ccccc2OCC(=O)Nc2ccc(Cl)cc2)c1. The molecule has 0 spiro atoms. The number of carbonyl (C=O) groups is 3. The lowest BCUT2D eigenvalue weighted by molar-refractivity contribution is -0.136. The van der Waals surface area contributed by atoms with E-state index in [0.29, 0.717) is 27.7 Å². The second-order valence-corrected chi connectivity index (χ2v) is 7.34. The highest BCUT2D eigenvalue weighted by atomic mass is 35.5. The molecule has 0 radical (unpaired) electrons. The summed E-state index contributed by atoms with van der Waals surface area (Å²) in [7, 11) is 0. The van der Waals surface area contributed by atoms with E-state index in [1.807, 2.05) is 13.0 Å². The Balaban J connectivity index is 1.52. The van der Waals surface area contributed by atoms with Gasteiger partial charge in [-0.3, -0.25) is 14.4 Å². The second kappa shape index (κ2) is 11.4. The maximum atomic E-state index is 12.1. The zero-order valence-corrected chi connectivity index (χ0v) is 18.4. The number of carbonyl (C=O) groups excluding carboxylic acids is 3. The van der Waals surface area contributed by atoms with Crippen molar-refractivity contribution in [1.82, 2.24) is 5.43 Å². The third-order valence-corrected chi connectivity index (χ3v) is 4.51. The molecule has 3 amide bonds. The minimum atomic E-state index is -0.923. The van der Waals surface area contributed by atoms with Crippen LogP contribution >= 0.6 is 11.6 Å². The molecule has 3 aromatic rings. The van der Waals surface area contributed by atoms with Gasteiger partial charge in [0.2, 0.25) is 0 Å². The van der Waals surface area contributed by atoms with E-state index in [4.69, 9.17) is 16.3 Å². The first-order valence-corrected chi connectivity index (χ1v) is 10.3. The van der Waals surface area contributed by atoms with Gasteiger partial charge in [-0.05, 0) is 61.0 Å². The maximum absolute atomic E-state index is 12.1. The van der Waals surface area contributed by atoms with Crippen molar-refractivity contribution in [3.8, 4) is 5.75 Å². The lowest BCUT2D eigenvalue weighted by Gasteiger charge is -2.09. The molecule has 0 aliphatic rings. The first kappa shape index (κ1) is 23.5. The van der Waals surface area contributed by atoms with E-state index in [9.17, 15) is 14.4 Å². The zero-order valence-electron chi connectivity index (χ0n) is 17.7. The van der Waals surface area contributed by atoms with E-state index in [1.54, 1.807) is 66.7 Å². The molecule has 0 unspecified atom stereocenters. The van der Waals surface area contributed by atoms with Gasteiger partial charge in [0, 0.05) is 22.0 Å². The highest BCUT2D eigenvalue weighted by Gasteiger charge is 2.13. The third-order valence-electron chi connectivity index (χ3n) is 4.26. The molecule has 3 rings (SSSR count). The first-order chi connectivity index (χ1) is 15.9. The fourth-order valence-electron chi connectivity index (χ4n) is 2.71. The topological polar surface area (TPSA) is 109 Å². The molecule has 0 fully saturated rings. The highest BCUT2D eigenvalue weighted by Crippen LogP contribution is 2.17. The second-order valence-electron chi connectivity index (χ2n) is 6.90. The summed E-state index contributed by atoms with van der Waals surface area (Å²) in [6.07, 6.45) is 1.32. The summed E-state index contributed by atoms with van der Waals surface area (Å²) in [6, 6.07) is 20.6. The number of ether oxygens (including phenoxy) is 1. The Morgan fingerprint density at radius 1 is 0.909 bits per heavy atom. The van der Waals surface area contributed by atoms with Gasteiger partial charge in [-0.1, -0.05) is 35.9 Å². The van der Waals surface area contributed by atoms with Gasteiger partial charge >= 0.3 is 11.8 Å². The van der Waals surface area contributed by atoms with E-state index in [0.717, 1.165) is 5.56 Å². The summed E-state index contributed by atoms with van der Waals surface area (Å²) < 4.78 is 5.57. The fraction of sp³-hybridized carbons (Fsp3) is 0.0833. The maximum Gasteiger partial charge on any atom is 0.329 e. The Morgan fingerprint density at radius 3 is 2.42 bits per heavy atom. The van der Waals surface area contributed by atoms with Gasteiger partial charge < -0.3 is 15.4 Å². The summed E-state index contributed by atoms with van der Waals surface area (Å²) in [5.41, 5.74) is 4.73. The van der Waals surface area contributed by atoms with Crippen LogP contribution in [0.5, 0.6) is 5.75 Å². The van der Waals surface area contributed by atoms with Crippen molar-refractivity contribution in [3.05, 3.63) is 88.9 Å². The fourth-order valence-corrected chi connectivity index (χ4v) is 2.84. The number of rotatable bonds is 7. The number of para-hydroxylation sites is 1. The summed E-state index contributed by atoms with van der Waals surface area (Å²) >= 11 is 5.83. The molecule has 0 atom stereocenters. The number of aryl methyl sites for hydroxylation is 1. The van der Waals surface area contributed by atoms with Crippen molar-refractivity contribution in [3.63, 3.8) is 0 Å². The average Bonchev–Trinajstić information content (AvgIpc) is 2.80. The Morgan fingerprint density at radius 2 is 1.67 bits per heavy atom. The minimum Gasteiger partial charge on any atom is -0.483 e. The van der Waals surface area contributed by atoms with Gasteiger partial charge in [-0.25, -0.2) is 5.43 Å². The van der Waals surface area contributed by atoms with Gasteiger partial charge in [0.15, 0.2) is 6.61 Å². The molecule has 0 bridgehead atoms. The lowest BCUT2D eigenvalue weighted by atomic mass is 10.2.